The van der Waals surface area contributed by atoms with Crippen LogP contribution in [0.15, 0.2) is 17.3 Å². The van der Waals surface area contributed by atoms with E-state index < -0.39 is 0 Å². The van der Waals surface area contributed by atoms with E-state index >= 15 is 0 Å². The minimum Gasteiger partial charge on any atom is -0.263 e. The summed E-state index contributed by atoms with van der Waals surface area (Å²) in [5.74, 6) is 0. The maximum absolute atomic E-state index is 4.51. The fourth-order valence-electron chi connectivity index (χ4n) is 0.842. The van der Waals surface area contributed by atoms with Gasteiger partial charge in [0.15, 0.2) is 0 Å². The minimum atomic E-state index is 0.176. The number of hydrogen-bond acceptors (Lipinski definition) is 1. The molecule has 0 aliphatic carbocycles. The Bertz CT molecular complexity index is 194. The van der Waals surface area contributed by atoms with Crippen molar-refractivity contribution in [3.63, 3.8) is 0 Å². The lowest BCUT2D eigenvalue weighted by Gasteiger charge is -2.18. The molecular weight excluding hydrogens is 158 g/mol. The van der Waals surface area contributed by atoms with E-state index in [-0.39, 0.29) is 5.41 Å². The lowest BCUT2D eigenvalue weighted by Crippen LogP contribution is -2.16. The summed E-state index contributed by atoms with van der Waals surface area (Å²) in [5.41, 5.74) is 2.37. The summed E-state index contributed by atoms with van der Waals surface area (Å²) in [4.78, 5) is 4.51. The summed E-state index contributed by atoms with van der Waals surface area (Å²) >= 11 is 0. The first-order chi connectivity index (χ1) is 5.88. The van der Waals surface area contributed by atoms with Crippen molar-refractivity contribution in [2.24, 2.45) is 10.4 Å². The van der Waals surface area contributed by atoms with Crippen LogP contribution >= 0.6 is 0 Å². The second-order valence-corrected chi connectivity index (χ2v) is 4.62. The summed E-state index contributed by atoms with van der Waals surface area (Å²) in [6.45, 7) is 14.8. The summed E-state index contributed by atoms with van der Waals surface area (Å²) in [6, 6.07) is 0. The van der Waals surface area contributed by atoms with E-state index in [4.69, 9.17) is 0 Å². The zero-order valence-electron chi connectivity index (χ0n) is 9.78. The van der Waals surface area contributed by atoms with Gasteiger partial charge in [-0.15, -0.1) is 0 Å². The van der Waals surface area contributed by atoms with Gasteiger partial charge in [0.25, 0.3) is 0 Å². The molecule has 0 aromatic carbocycles. The van der Waals surface area contributed by atoms with Gasteiger partial charge >= 0.3 is 0 Å². The first-order valence-corrected chi connectivity index (χ1v) is 5.11. The zero-order valence-corrected chi connectivity index (χ0v) is 9.78. The van der Waals surface area contributed by atoms with Crippen LogP contribution < -0.4 is 0 Å². The molecule has 0 radical (unpaired) electrons. The highest BCUT2D eigenvalue weighted by Gasteiger charge is 2.13. The lowest BCUT2D eigenvalue weighted by molar-refractivity contribution is 0.586. The van der Waals surface area contributed by atoms with Gasteiger partial charge in [-0.25, -0.2) is 0 Å². The average Bonchev–Trinajstić information content (AvgIpc) is 1.99. The smallest absolute Gasteiger partial charge is 0.0331 e. The number of aliphatic imine (C=N–C) groups is 1. The molecule has 0 N–H and O–H groups in total. The van der Waals surface area contributed by atoms with Crippen LogP contribution in [0.2, 0.25) is 0 Å². The van der Waals surface area contributed by atoms with Gasteiger partial charge in [-0.2, -0.15) is 0 Å². The maximum Gasteiger partial charge on any atom is 0.0331 e. The third-order valence-corrected chi connectivity index (χ3v) is 2.23. The fraction of sp³-hybridized carbons (Fsp3) is 0.750. The minimum absolute atomic E-state index is 0.176. The highest BCUT2D eigenvalue weighted by molar-refractivity contribution is 5.87. The Kier molecular flexibility index (Phi) is 4.97. The van der Waals surface area contributed by atoms with Crippen molar-refractivity contribution < 1.29 is 0 Å². The molecule has 0 spiro atoms. The molecule has 0 bridgehead atoms. The molecule has 0 aliphatic heterocycles. The molecule has 1 nitrogen and oxygen atoms in total. The molecule has 0 rings (SSSR count). The van der Waals surface area contributed by atoms with Gasteiger partial charge in [0.2, 0.25) is 0 Å². The Labute approximate surface area is 83.0 Å². The van der Waals surface area contributed by atoms with Gasteiger partial charge in [-0.1, -0.05) is 40.7 Å². The van der Waals surface area contributed by atoms with E-state index in [9.17, 15) is 0 Å². The fourth-order valence-corrected chi connectivity index (χ4v) is 0.842. The van der Waals surface area contributed by atoms with Crippen molar-refractivity contribution in [2.45, 2.75) is 53.9 Å². The van der Waals surface area contributed by atoms with Crippen LogP contribution in [-0.4, -0.2) is 5.71 Å². The van der Waals surface area contributed by atoms with Crippen LogP contribution in [0.5, 0.6) is 0 Å². The molecule has 0 heterocycles. The molecule has 0 unspecified atom stereocenters. The number of unbranched alkanes of at least 4 members (excludes halogenated alkanes) is 1. The van der Waals surface area contributed by atoms with Crippen molar-refractivity contribution in [3.8, 4) is 0 Å². The largest absolute Gasteiger partial charge is 0.263 e. The number of allylic oxidation sites excluding steroid dienone is 1. The van der Waals surface area contributed by atoms with Gasteiger partial charge in [-0.05, 0) is 25.2 Å². The Morgan fingerprint density at radius 2 is 1.85 bits per heavy atom. The van der Waals surface area contributed by atoms with Crippen molar-refractivity contribution >= 4 is 5.71 Å². The molecule has 0 aromatic rings. The highest BCUT2D eigenvalue weighted by atomic mass is 14.8. The molecule has 0 saturated heterocycles. The molecule has 0 fully saturated rings. The van der Waals surface area contributed by atoms with E-state index in [1.54, 1.807) is 0 Å². The molecule has 0 saturated carbocycles. The SMILES string of the molecule is C=C(CCCC)/N=C(\C)C(C)(C)C. The lowest BCUT2D eigenvalue weighted by atomic mass is 9.91. The van der Waals surface area contributed by atoms with Crippen molar-refractivity contribution in [2.75, 3.05) is 0 Å². The van der Waals surface area contributed by atoms with Gasteiger partial charge in [-0.3, -0.25) is 4.99 Å². The van der Waals surface area contributed by atoms with Crippen LogP contribution in [0.1, 0.15) is 53.9 Å². The van der Waals surface area contributed by atoms with E-state index in [0.29, 0.717) is 0 Å². The van der Waals surface area contributed by atoms with Gasteiger partial charge in [0.1, 0.15) is 0 Å². The zero-order chi connectivity index (χ0) is 10.5. The number of hydrogen-bond donors (Lipinski definition) is 0. The first-order valence-electron chi connectivity index (χ1n) is 5.11. The normalized spacial score (nSPS) is 13.2. The predicted octanol–water partition coefficient (Wildman–Crippen LogP) is 4.20. The maximum atomic E-state index is 4.51. The summed E-state index contributed by atoms with van der Waals surface area (Å²) < 4.78 is 0. The van der Waals surface area contributed by atoms with Crippen LogP contribution in [-0.2, 0) is 0 Å². The Balaban J connectivity index is 4.15. The molecule has 76 valence electrons. The summed E-state index contributed by atoms with van der Waals surface area (Å²) in [7, 11) is 0. The topological polar surface area (TPSA) is 12.4 Å². The second-order valence-electron chi connectivity index (χ2n) is 4.62. The third-order valence-electron chi connectivity index (χ3n) is 2.23. The van der Waals surface area contributed by atoms with Crippen molar-refractivity contribution in [1.29, 1.82) is 0 Å². The van der Waals surface area contributed by atoms with Gasteiger partial charge in [0, 0.05) is 11.4 Å². The molecule has 0 aliphatic rings. The number of nitrogens with zero attached hydrogens (tertiary/aromatic N) is 1. The van der Waals surface area contributed by atoms with Crippen LogP contribution in [0, 0.1) is 5.41 Å². The van der Waals surface area contributed by atoms with E-state index in [1.807, 2.05) is 0 Å². The van der Waals surface area contributed by atoms with E-state index in [1.165, 1.54) is 18.6 Å². The predicted molar refractivity (Wildman–Crippen MR) is 61.2 cm³/mol. The highest BCUT2D eigenvalue weighted by Crippen LogP contribution is 2.18. The summed E-state index contributed by atoms with van der Waals surface area (Å²) in [6.07, 6.45) is 3.44. The van der Waals surface area contributed by atoms with Gasteiger partial charge < -0.3 is 0 Å². The summed E-state index contributed by atoms with van der Waals surface area (Å²) in [5, 5.41) is 0. The second kappa shape index (κ2) is 5.21. The van der Waals surface area contributed by atoms with E-state index in [0.717, 1.165) is 12.1 Å². The first kappa shape index (κ1) is 12.4. The van der Waals surface area contributed by atoms with Crippen LogP contribution in [0.4, 0.5) is 0 Å². The quantitative estimate of drug-likeness (QED) is 0.576. The van der Waals surface area contributed by atoms with Crippen LogP contribution in [0.25, 0.3) is 0 Å². The Morgan fingerprint density at radius 3 is 2.23 bits per heavy atom. The molecule has 0 aromatic heterocycles. The van der Waals surface area contributed by atoms with Crippen molar-refractivity contribution in [1.82, 2.24) is 0 Å². The third kappa shape index (κ3) is 5.62. The monoisotopic (exact) mass is 181 g/mol. The molecule has 13 heavy (non-hydrogen) atoms. The van der Waals surface area contributed by atoms with Crippen molar-refractivity contribution in [3.05, 3.63) is 12.3 Å². The molecule has 0 amide bonds. The van der Waals surface area contributed by atoms with E-state index in [2.05, 4.69) is 46.2 Å². The van der Waals surface area contributed by atoms with Crippen LogP contribution in [0.3, 0.4) is 0 Å². The molecule has 1 heteroatoms. The van der Waals surface area contributed by atoms with Gasteiger partial charge in [0.05, 0.1) is 0 Å². The Morgan fingerprint density at radius 1 is 1.31 bits per heavy atom. The molecular formula is C12H23N. The standard InChI is InChI=1S/C12H23N/c1-7-8-9-10(2)13-11(3)12(4,5)6/h2,7-9H2,1,3-6H3/b13-11+. The number of rotatable bonds is 4. The average molecular weight is 181 g/mol. The Hall–Kier alpha value is -0.590. The molecule has 0 atom stereocenters.